The molecule has 2 N–H and O–H groups in total. The lowest BCUT2D eigenvalue weighted by Gasteiger charge is -2.17. The van der Waals surface area contributed by atoms with Crippen molar-refractivity contribution in [2.45, 2.75) is 6.42 Å². The summed E-state index contributed by atoms with van der Waals surface area (Å²) in [5.74, 6) is 0.579. The molecule has 0 aromatic heterocycles. The van der Waals surface area contributed by atoms with Crippen LogP contribution in [-0.2, 0) is 0 Å². The standard InChI is InChI=1S/C22H20ClN/c23-16-15-21(17-7-3-1-4-8-17)22(18-9-5-2-6-10-18)19-11-13-20(24)14-12-19/h1-14H,15-16,24H2/b22-21-. The molecule has 0 radical (unpaired) electrons. The molecule has 0 atom stereocenters. The fraction of sp³-hybridized carbons (Fsp3) is 0.0909. The van der Waals surface area contributed by atoms with Crippen molar-refractivity contribution < 1.29 is 0 Å². The first-order chi connectivity index (χ1) is 11.8. The van der Waals surface area contributed by atoms with Gasteiger partial charge in [-0.25, -0.2) is 0 Å². The second-order valence-electron chi connectivity index (χ2n) is 5.65. The molecule has 0 saturated carbocycles. The monoisotopic (exact) mass is 333 g/mol. The average Bonchev–Trinajstić information content (AvgIpc) is 2.64. The van der Waals surface area contributed by atoms with Gasteiger partial charge < -0.3 is 5.73 Å². The maximum Gasteiger partial charge on any atom is 0.0314 e. The van der Waals surface area contributed by atoms with E-state index in [1.165, 1.54) is 22.3 Å². The number of hydrogen-bond acceptors (Lipinski definition) is 1. The molecule has 0 aliphatic rings. The Morgan fingerprint density at radius 1 is 0.667 bits per heavy atom. The first-order valence-corrected chi connectivity index (χ1v) is 8.59. The molecule has 0 bridgehead atoms. The number of benzene rings is 3. The normalized spacial score (nSPS) is 11.9. The summed E-state index contributed by atoms with van der Waals surface area (Å²) < 4.78 is 0. The van der Waals surface area contributed by atoms with Gasteiger partial charge in [-0.1, -0.05) is 72.8 Å². The molecular weight excluding hydrogens is 314 g/mol. The third-order valence-electron chi connectivity index (χ3n) is 4.03. The largest absolute Gasteiger partial charge is 0.399 e. The van der Waals surface area contributed by atoms with Gasteiger partial charge in [0.05, 0.1) is 0 Å². The molecule has 0 spiro atoms. The summed E-state index contributed by atoms with van der Waals surface area (Å²) in [6, 6.07) is 28.9. The summed E-state index contributed by atoms with van der Waals surface area (Å²) in [6.07, 6.45) is 0.806. The highest BCUT2D eigenvalue weighted by Crippen LogP contribution is 2.34. The molecule has 0 fully saturated rings. The van der Waals surface area contributed by atoms with Gasteiger partial charge in [0.2, 0.25) is 0 Å². The minimum atomic E-state index is 0.579. The molecular formula is C22H20ClN. The molecule has 0 heterocycles. The Labute approximate surface area is 148 Å². The molecule has 2 heteroatoms. The van der Waals surface area contributed by atoms with Crippen molar-refractivity contribution in [3.05, 3.63) is 102 Å². The SMILES string of the molecule is Nc1ccc(/C(=C(/CCCl)c2ccccc2)c2ccccc2)cc1. The van der Waals surface area contributed by atoms with Crippen molar-refractivity contribution in [1.82, 2.24) is 0 Å². The van der Waals surface area contributed by atoms with Crippen molar-refractivity contribution in [1.29, 1.82) is 0 Å². The Balaban J connectivity index is 2.26. The Morgan fingerprint density at radius 3 is 1.71 bits per heavy atom. The fourth-order valence-corrected chi connectivity index (χ4v) is 3.11. The quantitative estimate of drug-likeness (QED) is 0.353. The lowest BCUT2D eigenvalue weighted by atomic mass is 9.88. The molecule has 120 valence electrons. The summed E-state index contributed by atoms with van der Waals surface area (Å²) in [7, 11) is 0. The van der Waals surface area contributed by atoms with E-state index >= 15 is 0 Å². The van der Waals surface area contributed by atoms with Gasteiger partial charge in [-0.15, -0.1) is 11.6 Å². The lowest BCUT2D eigenvalue weighted by Crippen LogP contribution is -1.97. The van der Waals surface area contributed by atoms with Crippen molar-refractivity contribution in [2.24, 2.45) is 0 Å². The van der Waals surface area contributed by atoms with Gasteiger partial charge >= 0.3 is 0 Å². The zero-order valence-electron chi connectivity index (χ0n) is 13.5. The third-order valence-corrected chi connectivity index (χ3v) is 4.22. The van der Waals surface area contributed by atoms with E-state index in [9.17, 15) is 0 Å². The van der Waals surface area contributed by atoms with E-state index in [0.717, 1.165) is 17.7 Å². The van der Waals surface area contributed by atoms with Crippen molar-refractivity contribution in [3.8, 4) is 0 Å². The van der Waals surface area contributed by atoms with Crippen LogP contribution in [-0.4, -0.2) is 5.88 Å². The van der Waals surface area contributed by atoms with Crippen LogP contribution in [0.2, 0.25) is 0 Å². The van der Waals surface area contributed by atoms with Gasteiger partial charge in [0, 0.05) is 11.6 Å². The third kappa shape index (κ3) is 3.69. The van der Waals surface area contributed by atoms with Crippen LogP contribution in [0.3, 0.4) is 0 Å². The van der Waals surface area contributed by atoms with Crippen LogP contribution in [0.5, 0.6) is 0 Å². The van der Waals surface area contributed by atoms with Gasteiger partial charge in [-0.2, -0.15) is 0 Å². The van der Waals surface area contributed by atoms with E-state index in [0.29, 0.717) is 5.88 Å². The highest BCUT2D eigenvalue weighted by atomic mass is 35.5. The molecule has 1 nitrogen and oxygen atoms in total. The van der Waals surface area contributed by atoms with Crippen LogP contribution in [0, 0.1) is 0 Å². The van der Waals surface area contributed by atoms with E-state index in [1.807, 2.05) is 24.3 Å². The van der Waals surface area contributed by atoms with Crippen LogP contribution in [0.4, 0.5) is 5.69 Å². The molecule has 0 aliphatic heterocycles. The van der Waals surface area contributed by atoms with Gasteiger partial charge in [0.15, 0.2) is 0 Å². The summed E-state index contributed by atoms with van der Waals surface area (Å²) in [5.41, 5.74) is 12.6. The molecule has 0 saturated heterocycles. The zero-order valence-corrected chi connectivity index (χ0v) is 14.2. The van der Waals surface area contributed by atoms with E-state index in [1.54, 1.807) is 0 Å². The molecule has 24 heavy (non-hydrogen) atoms. The van der Waals surface area contributed by atoms with Crippen LogP contribution >= 0.6 is 11.6 Å². The van der Waals surface area contributed by atoms with Gasteiger partial charge in [-0.05, 0) is 46.4 Å². The fourth-order valence-electron chi connectivity index (χ4n) is 2.92. The van der Waals surface area contributed by atoms with E-state index in [-0.39, 0.29) is 0 Å². The van der Waals surface area contributed by atoms with E-state index in [2.05, 4.69) is 60.7 Å². The zero-order chi connectivity index (χ0) is 16.8. The summed E-state index contributed by atoms with van der Waals surface area (Å²) >= 11 is 6.14. The van der Waals surface area contributed by atoms with E-state index < -0.39 is 0 Å². The first-order valence-electron chi connectivity index (χ1n) is 8.05. The minimum absolute atomic E-state index is 0.579. The van der Waals surface area contributed by atoms with Crippen molar-refractivity contribution >= 4 is 28.4 Å². The topological polar surface area (TPSA) is 26.0 Å². The smallest absolute Gasteiger partial charge is 0.0314 e. The van der Waals surface area contributed by atoms with Crippen LogP contribution in [0.1, 0.15) is 23.1 Å². The first kappa shape index (κ1) is 16.4. The summed E-state index contributed by atoms with van der Waals surface area (Å²) in [6.45, 7) is 0. The van der Waals surface area contributed by atoms with Crippen molar-refractivity contribution in [3.63, 3.8) is 0 Å². The van der Waals surface area contributed by atoms with Crippen LogP contribution in [0.25, 0.3) is 11.1 Å². The number of nitrogen functional groups attached to an aromatic ring is 1. The molecule has 0 amide bonds. The predicted octanol–water partition coefficient (Wildman–Crippen LogP) is 5.86. The molecule has 3 aromatic rings. The number of alkyl halides is 1. The van der Waals surface area contributed by atoms with Crippen LogP contribution in [0.15, 0.2) is 84.9 Å². The second-order valence-corrected chi connectivity index (χ2v) is 6.02. The maximum absolute atomic E-state index is 6.14. The number of rotatable bonds is 5. The summed E-state index contributed by atoms with van der Waals surface area (Å²) in [4.78, 5) is 0. The molecule has 0 unspecified atom stereocenters. The lowest BCUT2D eigenvalue weighted by molar-refractivity contribution is 1.25. The number of halogens is 1. The molecule has 3 rings (SSSR count). The average molecular weight is 334 g/mol. The van der Waals surface area contributed by atoms with Gasteiger partial charge in [0.1, 0.15) is 0 Å². The molecule has 0 aliphatic carbocycles. The minimum Gasteiger partial charge on any atom is -0.399 e. The second kappa shape index (κ2) is 7.85. The highest BCUT2D eigenvalue weighted by molar-refractivity contribution is 6.18. The molecule has 3 aromatic carbocycles. The number of allylic oxidation sites excluding steroid dienone is 1. The number of nitrogens with two attached hydrogens (primary N) is 1. The van der Waals surface area contributed by atoms with Crippen LogP contribution < -0.4 is 5.73 Å². The Hall–Kier alpha value is -2.51. The summed E-state index contributed by atoms with van der Waals surface area (Å²) in [5, 5.41) is 0. The highest BCUT2D eigenvalue weighted by Gasteiger charge is 2.13. The number of hydrogen-bond donors (Lipinski definition) is 1. The Bertz CT molecular complexity index is 806. The van der Waals surface area contributed by atoms with Crippen molar-refractivity contribution in [2.75, 3.05) is 11.6 Å². The number of anilines is 1. The maximum atomic E-state index is 6.14. The predicted molar refractivity (Wildman–Crippen MR) is 105 cm³/mol. The van der Waals surface area contributed by atoms with Gasteiger partial charge in [0.25, 0.3) is 0 Å². The Kier molecular flexibility index (Phi) is 5.35. The Morgan fingerprint density at radius 2 is 1.17 bits per heavy atom. The van der Waals surface area contributed by atoms with Gasteiger partial charge in [-0.3, -0.25) is 0 Å². The van der Waals surface area contributed by atoms with E-state index in [4.69, 9.17) is 17.3 Å².